The fraction of sp³-hybridized carbons (Fsp3) is 0.176. The Balaban J connectivity index is 1.98. The molecule has 0 bridgehead atoms. The maximum atomic E-state index is 12.1. The van der Waals surface area contributed by atoms with Crippen LogP contribution in [0.25, 0.3) is 6.08 Å². The third kappa shape index (κ3) is 3.45. The lowest BCUT2D eigenvalue weighted by atomic mass is 10.2. The van der Waals surface area contributed by atoms with Gasteiger partial charge in [0, 0.05) is 11.6 Å². The average molecular weight is 374 g/mol. The minimum atomic E-state index is -0.724. The second kappa shape index (κ2) is 7.20. The number of benzene rings is 1. The summed E-state index contributed by atoms with van der Waals surface area (Å²) in [6.45, 7) is 0. The number of ether oxygens (including phenoxy) is 4. The monoisotopic (exact) mass is 374 g/mol. The Morgan fingerprint density at radius 2 is 1.78 bits per heavy atom. The van der Waals surface area contributed by atoms with Crippen molar-refractivity contribution in [1.29, 1.82) is 0 Å². The van der Waals surface area contributed by atoms with Crippen molar-refractivity contribution in [1.82, 2.24) is 0 Å². The van der Waals surface area contributed by atoms with Gasteiger partial charge in [-0.3, -0.25) is 10.1 Å². The Labute approximate surface area is 152 Å². The fourth-order valence-electron chi connectivity index (χ4n) is 2.39. The molecule has 3 rings (SSSR count). The van der Waals surface area contributed by atoms with E-state index in [1.807, 2.05) is 0 Å². The quantitative estimate of drug-likeness (QED) is 0.327. The second-order valence-corrected chi connectivity index (χ2v) is 5.18. The van der Waals surface area contributed by atoms with Crippen LogP contribution in [-0.2, 0) is 9.53 Å². The Kier molecular flexibility index (Phi) is 4.79. The highest BCUT2D eigenvalue weighted by molar-refractivity contribution is 6.13. The molecule has 0 radical (unpaired) electrons. The predicted octanol–water partition coefficient (Wildman–Crippen LogP) is 2.56. The summed E-state index contributed by atoms with van der Waals surface area (Å²) in [5, 5.41) is 10.7. The smallest absolute Gasteiger partial charge is 0.433 e. The van der Waals surface area contributed by atoms with Crippen molar-refractivity contribution in [2.45, 2.75) is 0 Å². The van der Waals surface area contributed by atoms with E-state index in [2.05, 4.69) is 4.99 Å². The fourth-order valence-corrected chi connectivity index (χ4v) is 2.39. The molecule has 1 aliphatic heterocycles. The minimum Gasteiger partial charge on any atom is -0.493 e. The third-order valence-electron chi connectivity index (χ3n) is 3.60. The van der Waals surface area contributed by atoms with Gasteiger partial charge in [-0.25, -0.2) is 9.79 Å². The Morgan fingerprint density at radius 1 is 1.11 bits per heavy atom. The number of carbonyl (C=O) groups is 1. The van der Waals surface area contributed by atoms with Crippen molar-refractivity contribution >= 4 is 23.8 Å². The summed E-state index contributed by atoms with van der Waals surface area (Å²) < 4.78 is 25.9. The lowest BCUT2D eigenvalue weighted by Gasteiger charge is -2.13. The zero-order valence-corrected chi connectivity index (χ0v) is 14.5. The Bertz CT molecular complexity index is 948. The number of esters is 1. The largest absolute Gasteiger partial charge is 0.493 e. The lowest BCUT2D eigenvalue weighted by molar-refractivity contribution is -0.402. The highest BCUT2D eigenvalue weighted by Gasteiger charge is 2.27. The normalized spacial score (nSPS) is 14.7. The molecular weight excluding hydrogens is 360 g/mol. The van der Waals surface area contributed by atoms with E-state index in [1.54, 1.807) is 12.1 Å². The Morgan fingerprint density at radius 3 is 2.30 bits per heavy atom. The number of furan rings is 1. The van der Waals surface area contributed by atoms with Gasteiger partial charge >= 0.3 is 11.9 Å². The van der Waals surface area contributed by atoms with Crippen LogP contribution in [0.3, 0.4) is 0 Å². The summed E-state index contributed by atoms with van der Waals surface area (Å²) in [5.41, 5.74) is 0.356. The molecule has 0 fully saturated rings. The molecular formula is C17H14N2O8. The van der Waals surface area contributed by atoms with Crippen molar-refractivity contribution in [3.8, 4) is 17.2 Å². The predicted molar refractivity (Wildman–Crippen MR) is 92.1 cm³/mol. The molecule has 0 unspecified atom stereocenters. The molecule has 0 aliphatic carbocycles. The molecule has 0 saturated carbocycles. The molecule has 27 heavy (non-hydrogen) atoms. The van der Waals surface area contributed by atoms with Crippen molar-refractivity contribution in [2.75, 3.05) is 21.3 Å². The van der Waals surface area contributed by atoms with Crippen LogP contribution in [0.1, 0.15) is 11.3 Å². The first kappa shape index (κ1) is 18.0. The highest BCUT2D eigenvalue weighted by atomic mass is 16.6. The summed E-state index contributed by atoms with van der Waals surface area (Å²) >= 11 is 0. The summed E-state index contributed by atoms with van der Waals surface area (Å²) in [5.74, 6) is 0.0664. The first-order valence-electron chi connectivity index (χ1n) is 7.54. The topological polar surface area (TPSA) is 123 Å². The average Bonchev–Trinajstić information content (AvgIpc) is 3.28. The minimum absolute atomic E-state index is 0.0200. The van der Waals surface area contributed by atoms with Gasteiger partial charge in [0.2, 0.25) is 11.6 Å². The van der Waals surface area contributed by atoms with E-state index in [9.17, 15) is 14.9 Å². The van der Waals surface area contributed by atoms with E-state index >= 15 is 0 Å². The number of cyclic esters (lactones) is 1. The Hall–Kier alpha value is -3.82. The molecule has 140 valence electrons. The van der Waals surface area contributed by atoms with Gasteiger partial charge in [-0.15, -0.1) is 0 Å². The summed E-state index contributed by atoms with van der Waals surface area (Å²) in [7, 11) is 4.38. The van der Waals surface area contributed by atoms with Crippen LogP contribution in [0, 0.1) is 10.1 Å². The number of hydrogen-bond acceptors (Lipinski definition) is 9. The van der Waals surface area contributed by atoms with Crippen molar-refractivity contribution in [2.24, 2.45) is 4.99 Å². The van der Waals surface area contributed by atoms with Gasteiger partial charge in [0.25, 0.3) is 0 Å². The lowest BCUT2D eigenvalue weighted by Crippen LogP contribution is -2.06. The van der Waals surface area contributed by atoms with E-state index in [0.717, 1.165) is 0 Å². The number of nitrogens with zero attached hydrogens (tertiary/aromatic N) is 2. The van der Waals surface area contributed by atoms with Gasteiger partial charge in [0.15, 0.2) is 17.2 Å². The number of carbonyl (C=O) groups excluding carboxylic acids is 1. The van der Waals surface area contributed by atoms with Crippen LogP contribution in [-0.4, -0.2) is 38.1 Å². The number of rotatable bonds is 6. The number of aliphatic imine (C=N–C) groups is 1. The first-order valence-corrected chi connectivity index (χ1v) is 7.54. The maximum absolute atomic E-state index is 12.1. The van der Waals surface area contributed by atoms with E-state index in [-0.39, 0.29) is 17.4 Å². The van der Waals surface area contributed by atoms with Crippen LogP contribution in [0.4, 0.5) is 5.88 Å². The summed E-state index contributed by atoms with van der Waals surface area (Å²) in [4.78, 5) is 26.2. The van der Waals surface area contributed by atoms with Crippen LogP contribution in [0.2, 0.25) is 0 Å². The molecule has 2 heterocycles. The molecule has 0 amide bonds. The van der Waals surface area contributed by atoms with Crippen LogP contribution >= 0.6 is 0 Å². The standard InChI is InChI=1S/C17H14N2O8/c1-23-12-6-9(7-13(24-2)15(12)25-3)16-18-11(17(20)27-16)8-10-4-5-14(26-10)19(21)22/h4-8H,1-3H3/b11-8+. The molecule has 2 aromatic rings. The van der Waals surface area contributed by atoms with Gasteiger partial charge in [0.05, 0.1) is 27.4 Å². The van der Waals surface area contributed by atoms with E-state index in [1.165, 1.54) is 39.5 Å². The van der Waals surface area contributed by atoms with Crippen LogP contribution in [0.15, 0.2) is 39.4 Å². The zero-order valence-electron chi connectivity index (χ0n) is 14.5. The number of hydrogen-bond donors (Lipinski definition) is 0. The molecule has 10 nitrogen and oxygen atoms in total. The molecule has 0 saturated heterocycles. The molecule has 0 N–H and O–H groups in total. The molecule has 0 atom stereocenters. The van der Waals surface area contributed by atoms with Gasteiger partial charge in [-0.1, -0.05) is 0 Å². The van der Waals surface area contributed by atoms with Crippen LogP contribution < -0.4 is 14.2 Å². The SMILES string of the molecule is COc1cc(C2=N/C(=C/c3ccc([N+](=O)[O-])o3)C(=O)O2)cc(OC)c1OC. The molecule has 1 aromatic heterocycles. The second-order valence-electron chi connectivity index (χ2n) is 5.18. The van der Waals surface area contributed by atoms with Gasteiger partial charge in [-0.05, 0) is 18.2 Å². The molecule has 1 aromatic carbocycles. The third-order valence-corrected chi connectivity index (χ3v) is 3.60. The van der Waals surface area contributed by atoms with Gasteiger partial charge < -0.3 is 23.4 Å². The molecule has 1 aliphatic rings. The van der Waals surface area contributed by atoms with Crippen molar-refractivity contribution < 1.29 is 33.1 Å². The van der Waals surface area contributed by atoms with Crippen molar-refractivity contribution in [3.05, 3.63) is 51.4 Å². The van der Waals surface area contributed by atoms with Gasteiger partial charge in [0.1, 0.15) is 10.7 Å². The maximum Gasteiger partial charge on any atom is 0.433 e. The number of methoxy groups -OCH3 is 3. The first-order chi connectivity index (χ1) is 13.0. The van der Waals surface area contributed by atoms with Crippen LogP contribution in [0.5, 0.6) is 17.2 Å². The van der Waals surface area contributed by atoms with E-state index in [4.69, 9.17) is 23.4 Å². The van der Waals surface area contributed by atoms with E-state index in [0.29, 0.717) is 22.8 Å². The van der Waals surface area contributed by atoms with Gasteiger partial charge in [-0.2, -0.15) is 0 Å². The molecule has 10 heteroatoms. The zero-order chi connectivity index (χ0) is 19.6. The summed E-state index contributed by atoms with van der Waals surface area (Å²) in [6, 6.07) is 5.68. The van der Waals surface area contributed by atoms with Crippen molar-refractivity contribution in [3.63, 3.8) is 0 Å². The molecule has 0 spiro atoms. The number of nitro groups is 1. The summed E-state index contributed by atoms with van der Waals surface area (Å²) in [6.07, 6.45) is 1.25. The van der Waals surface area contributed by atoms with E-state index < -0.39 is 16.8 Å². The highest BCUT2D eigenvalue weighted by Crippen LogP contribution is 2.39.